The summed E-state index contributed by atoms with van der Waals surface area (Å²) >= 11 is 0. The van der Waals surface area contributed by atoms with E-state index in [1.165, 1.54) is 6.07 Å². The molecule has 2 fully saturated rings. The fraction of sp³-hybridized carbons (Fsp3) is 0.633. The second kappa shape index (κ2) is 10.6. The zero-order valence-electron chi connectivity index (χ0n) is 24.7. The molecule has 1 amide bonds. The summed E-state index contributed by atoms with van der Waals surface area (Å²) in [5.41, 5.74) is 0.662. The molecule has 0 saturated carbocycles. The molecule has 2 N–H and O–H groups in total. The molecule has 5 rings (SSSR count). The first kappa shape index (κ1) is 28.8. The number of nitrogens with one attached hydrogen (secondary N) is 2. The minimum atomic E-state index is -4.21. The Morgan fingerprint density at radius 2 is 1.73 bits per heavy atom. The third-order valence-corrected chi connectivity index (χ3v) is 10.1. The van der Waals surface area contributed by atoms with Gasteiger partial charge in [-0.2, -0.15) is 8.42 Å². The molecule has 0 aromatic carbocycles. The third kappa shape index (κ3) is 5.98. The Bertz CT molecular complexity index is 1360. The summed E-state index contributed by atoms with van der Waals surface area (Å²) in [6.07, 6.45) is 5.17. The van der Waals surface area contributed by atoms with Gasteiger partial charge >= 0.3 is 0 Å². The maximum atomic E-state index is 13.6. The molecule has 218 valence electrons. The quantitative estimate of drug-likeness (QED) is 0.521. The summed E-state index contributed by atoms with van der Waals surface area (Å²) in [6, 6.07) is 8.66. The highest BCUT2D eigenvalue weighted by Crippen LogP contribution is 2.41. The molecule has 0 aliphatic carbocycles. The number of carbonyl (C=O) groups excluding carboxylic acids is 1. The smallest absolute Gasteiger partial charge is 0.281 e. The maximum Gasteiger partial charge on any atom is 0.281 e. The van der Waals surface area contributed by atoms with Crippen LogP contribution in [0.3, 0.4) is 0 Å². The highest BCUT2D eigenvalue weighted by atomic mass is 32.2. The summed E-state index contributed by atoms with van der Waals surface area (Å²) in [5, 5.41) is 3.43. The normalized spacial score (nSPS) is 25.8. The Balaban J connectivity index is 1.58. The van der Waals surface area contributed by atoms with Gasteiger partial charge in [0.2, 0.25) is 0 Å². The third-order valence-electron chi connectivity index (χ3n) is 8.88. The molecule has 4 bridgehead atoms. The predicted octanol–water partition coefficient (Wildman–Crippen LogP) is 4.41. The summed E-state index contributed by atoms with van der Waals surface area (Å²) in [6.45, 7) is 13.5. The van der Waals surface area contributed by atoms with Crippen LogP contribution < -0.4 is 14.9 Å². The molecule has 5 heterocycles. The molecule has 0 spiro atoms. The highest BCUT2D eigenvalue weighted by Gasteiger charge is 2.42. The van der Waals surface area contributed by atoms with Crippen molar-refractivity contribution in [2.45, 2.75) is 88.7 Å². The first-order valence-electron chi connectivity index (χ1n) is 14.5. The van der Waals surface area contributed by atoms with Crippen LogP contribution in [-0.2, 0) is 15.4 Å². The number of aromatic nitrogens is 2. The van der Waals surface area contributed by atoms with Crippen LogP contribution in [0.4, 0.5) is 11.6 Å². The van der Waals surface area contributed by atoms with Gasteiger partial charge in [-0.05, 0) is 102 Å². The summed E-state index contributed by atoms with van der Waals surface area (Å²) in [7, 11) is -2.04. The lowest BCUT2D eigenvalue weighted by atomic mass is 9.84. The Morgan fingerprint density at radius 3 is 2.42 bits per heavy atom. The molecular formula is C30H44N6O3S. The number of hydrogen-bond donors (Lipinski definition) is 2. The molecule has 0 radical (unpaired) electrons. The Hall–Kier alpha value is -2.72. The molecule has 1 unspecified atom stereocenters. The van der Waals surface area contributed by atoms with Gasteiger partial charge in [0.05, 0.1) is 5.56 Å². The zero-order valence-corrected chi connectivity index (χ0v) is 25.5. The van der Waals surface area contributed by atoms with Crippen molar-refractivity contribution in [2.75, 3.05) is 36.9 Å². The van der Waals surface area contributed by atoms with Crippen molar-refractivity contribution in [3.63, 3.8) is 0 Å². The average Bonchev–Trinajstić information content (AvgIpc) is 3.19. The number of amides is 1. The first-order valence-corrected chi connectivity index (χ1v) is 16.0. The molecule has 2 saturated heterocycles. The van der Waals surface area contributed by atoms with Gasteiger partial charge in [0.25, 0.3) is 15.9 Å². The fourth-order valence-corrected chi connectivity index (χ4v) is 7.47. The van der Waals surface area contributed by atoms with E-state index in [0.29, 0.717) is 23.5 Å². The van der Waals surface area contributed by atoms with Crippen LogP contribution in [-0.4, -0.2) is 67.5 Å². The maximum absolute atomic E-state index is 13.6. The molecule has 10 heteroatoms. The van der Waals surface area contributed by atoms with Crippen LogP contribution in [0.1, 0.15) is 82.8 Å². The van der Waals surface area contributed by atoms with Crippen LogP contribution in [0.25, 0.3) is 0 Å². The Labute approximate surface area is 239 Å². The SMILES string of the molecule is CN1CCC(C2CC[C@@H]3CN(c4nc(C(C)(C)C)ccc4C(=O)NS(=O)(=O)c4cccc(n4)N2)C(C)(C)C3)CC1. The van der Waals surface area contributed by atoms with Crippen molar-refractivity contribution < 1.29 is 13.2 Å². The minimum absolute atomic E-state index is 0.175. The molecule has 3 aliphatic rings. The van der Waals surface area contributed by atoms with E-state index in [1.807, 2.05) is 12.1 Å². The minimum Gasteiger partial charge on any atom is -0.367 e. The van der Waals surface area contributed by atoms with Crippen molar-refractivity contribution in [2.24, 2.45) is 11.8 Å². The Morgan fingerprint density at radius 1 is 1.00 bits per heavy atom. The number of carbonyl (C=O) groups is 1. The number of likely N-dealkylation sites (tertiary alicyclic amines) is 1. The van der Waals surface area contributed by atoms with Gasteiger partial charge < -0.3 is 15.1 Å². The summed E-state index contributed by atoms with van der Waals surface area (Å²) in [5.74, 6) is 1.29. The fourth-order valence-electron chi connectivity index (χ4n) is 6.54. The van der Waals surface area contributed by atoms with E-state index in [2.05, 4.69) is 66.5 Å². The second-order valence-corrected chi connectivity index (χ2v) is 15.2. The first-order chi connectivity index (χ1) is 18.7. The van der Waals surface area contributed by atoms with Crippen LogP contribution in [0.2, 0.25) is 0 Å². The standard InChI is InChI=1S/C30H44N6O3S/c1-29(2,3)24-13-11-22-27(32-24)36-19-20(18-30(36,4)5)10-12-23(21-14-16-35(6)17-15-21)31-25-8-7-9-26(33-25)40(38,39)34-28(22)37/h7-9,11,13,20-21,23H,10,12,14-19H2,1-6H3,(H,31,33)(H,34,37)/t20-,23?/m0/s1. The van der Waals surface area contributed by atoms with Crippen molar-refractivity contribution in [3.05, 3.63) is 41.6 Å². The number of anilines is 2. The van der Waals surface area contributed by atoms with Crippen molar-refractivity contribution in [1.82, 2.24) is 19.6 Å². The molecule has 40 heavy (non-hydrogen) atoms. The number of fused-ring (bicyclic) bond motifs is 6. The Kier molecular flexibility index (Phi) is 7.63. The lowest BCUT2D eigenvalue weighted by Crippen LogP contribution is -2.41. The second-order valence-electron chi connectivity index (χ2n) is 13.6. The van der Waals surface area contributed by atoms with Crippen molar-refractivity contribution in [1.29, 1.82) is 0 Å². The highest BCUT2D eigenvalue weighted by molar-refractivity contribution is 7.90. The molecular weight excluding hydrogens is 524 g/mol. The van der Waals surface area contributed by atoms with Gasteiger partial charge in [-0.15, -0.1) is 0 Å². The van der Waals surface area contributed by atoms with E-state index in [-0.39, 0.29) is 27.6 Å². The van der Waals surface area contributed by atoms with Gasteiger partial charge in [-0.1, -0.05) is 26.8 Å². The van der Waals surface area contributed by atoms with E-state index in [1.54, 1.807) is 12.1 Å². The van der Waals surface area contributed by atoms with Crippen LogP contribution in [0.5, 0.6) is 0 Å². The molecule has 2 atom stereocenters. The van der Waals surface area contributed by atoms with E-state index in [0.717, 1.165) is 57.4 Å². The largest absolute Gasteiger partial charge is 0.367 e. The van der Waals surface area contributed by atoms with E-state index >= 15 is 0 Å². The molecule has 9 nitrogen and oxygen atoms in total. The summed E-state index contributed by atoms with van der Waals surface area (Å²) in [4.78, 5) is 27.6. The number of nitrogens with zero attached hydrogens (tertiary/aromatic N) is 4. The van der Waals surface area contributed by atoms with Crippen LogP contribution >= 0.6 is 0 Å². The van der Waals surface area contributed by atoms with Gasteiger partial charge in [-0.3, -0.25) is 4.79 Å². The lowest BCUT2D eigenvalue weighted by molar-refractivity contribution is 0.0981. The number of pyridine rings is 2. The zero-order chi connectivity index (χ0) is 28.9. The predicted molar refractivity (Wildman–Crippen MR) is 158 cm³/mol. The van der Waals surface area contributed by atoms with E-state index in [4.69, 9.17) is 4.98 Å². The number of hydrogen-bond acceptors (Lipinski definition) is 8. The average molecular weight is 569 g/mol. The molecule has 2 aromatic heterocycles. The molecule has 2 aromatic rings. The van der Waals surface area contributed by atoms with Gasteiger partial charge in [0.15, 0.2) is 5.03 Å². The van der Waals surface area contributed by atoms with Crippen LogP contribution in [0.15, 0.2) is 35.4 Å². The number of piperidine rings is 1. The number of sulfonamides is 1. The van der Waals surface area contributed by atoms with Crippen molar-refractivity contribution in [3.8, 4) is 0 Å². The van der Waals surface area contributed by atoms with Gasteiger partial charge in [-0.25, -0.2) is 14.7 Å². The van der Waals surface area contributed by atoms with E-state index in [9.17, 15) is 13.2 Å². The monoisotopic (exact) mass is 568 g/mol. The van der Waals surface area contributed by atoms with Gasteiger partial charge in [0, 0.05) is 29.2 Å². The summed E-state index contributed by atoms with van der Waals surface area (Å²) < 4.78 is 29.1. The van der Waals surface area contributed by atoms with Crippen LogP contribution in [0, 0.1) is 11.8 Å². The topological polar surface area (TPSA) is 108 Å². The number of rotatable bonds is 1. The van der Waals surface area contributed by atoms with E-state index < -0.39 is 15.9 Å². The lowest BCUT2D eigenvalue weighted by Gasteiger charge is -2.35. The molecule has 3 aliphatic heterocycles. The van der Waals surface area contributed by atoms with Gasteiger partial charge in [0.1, 0.15) is 11.6 Å². The van der Waals surface area contributed by atoms with Crippen molar-refractivity contribution >= 4 is 27.6 Å².